The summed E-state index contributed by atoms with van der Waals surface area (Å²) in [4.78, 5) is 33.5. The van der Waals surface area contributed by atoms with Gasteiger partial charge in [0.15, 0.2) is 5.65 Å². The van der Waals surface area contributed by atoms with Crippen molar-refractivity contribution in [2.75, 3.05) is 5.32 Å². The van der Waals surface area contributed by atoms with E-state index in [0.29, 0.717) is 17.8 Å². The fourth-order valence-electron chi connectivity index (χ4n) is 4.42. The Hall–Kier alpha value is -4.92. The van der Waals surface area contributed by atoms with Crippen molar-refractivity contribution < 1.29 is 4.79 Å². The standard InChI is InChI=1S/C28H24N8O/c1-16(2)7-26(37)33-19-8-17(11-29-13-19)18-9-21-27(35-36-28(21)32-12-18)24-10-20-22(14-30-15-25(20)34-24)23-5-3-4-6-31-23/h3-6,8-16,34H,7H2,1-2H3,(H,33,37)(H,32,35,36). The summed E-state index contributed by atoms with van der Waals surface area (Å²) in [7, 11) is 0. The monoisotopic (exact) mass is 488 g/mol. The molecule has 6 aromatic heterocycles. The lowest BCUT2D eigenvalue weighted by atomic mass is 10.1. The van der Waals surface area contributed by atoms with Crippen molar-refractivity contribution in [1.29, 1.82) is 0 Å². The number of pyridine rings is 4. The summed E-state index contributed by atoms with van der Waals surface area (Å²) in [6.07, 6.45) is 11.0. The predicted octanol–water partition coefficient (Wildman–Crippen LogP) is 5.61. The van der Waals surface area contributed by atoms with Crippen molar-refractivity contribution >= 4 is 33.5 Å². The fourth-order valence-corrected chi connectivity index (χ4v) is 4.42. The Labute approximate surface area is 212 Å². The van der Waals surface area contributed by atoms with Crippen LogP contribution in [0.3, 0.4) is 0 Å². The van der Waals surface area contributed by atoms with Gasteiger partial charge in [0, 0.05) is 58.7 Å². The third-order valence-electron chi connectivity index (χ3n) is 6.11. The van der Waals surface area contributed by atoms with Gasteiger partial charge in [0.2, 0.25) is 5.91 Å². The molecule has 0 saturated carbocycles. The van der Waals surface area contributed by atoms with Crippen molar-refractivity contribution in [2.45, 2.75) is 20.3 Å². The number of aromatic amines is 2. The average Bonchev–Trinajstić information content (AvgIpc) is 3.52. The normalized spacial score (nSPS) is 11.4. The quantitative estimate of drug-likeness (QED) is 0.280. The molecule has 6 rings (SSSR count). The summed E-state index contributed by atoms with van der Waals surface area (Å²) in [6.45, 7) is 4.03. The summed E-state index contributed by atoms with van der Waals surface area (Å²) in [6, 6.07) is 11.8. The van der Waals surface area contributed by atoms with Crippen LogP contribution in [0.1, 0.15) is 20.3 Å². The first-order chi connectivity index (χ1) is 18.0. The van der Waals surface area contributed by atoms with E-state index >= 15 is 0 Å². The van der Waals surface area contributed by atoms with Crippen LogP contribution in [0.5, 0.6) is 0 Å². The Kier molecular flexibility index (Phi) is 5.65. The lowest BCUT2D eigenvalue weighted by Crippen LogP contribution is -2.13. The highest BCUT2D eigenvalue weighted by molar-refractivity contribution is 6.00. The van der Waals surface area contributed by atoms with Crippen LogP contribution < -0.4 is 5.32 Å². The molecule has 0 aliphatic rings. The van der Waals surface area contributed by atoms with Crippen LogP contribution in [0.2, 0.25) is 0 Å². The number of nitrogens with one attached hydrogen (secondary N) is 3. The number of hydrogen-bond donors (Lipinski definition) is 3. The molecule has 3 N–H and O–H groups in total. The molecule has 0 bridgehead atoms. The first-order valence-corrected chi connectivity index (χ1v) is 12.0. The van der Waals surface area contributed by atoms with E-state index in [0.717, 1.165) is 50.1 Å². The maximum absolute atomic E-state index is 12.2. The van der Waals surface area contributed by atoms with Gasteiger partial charge in [0.05, 0.1) is 35.0 Å². The summed E-state index contributed by atoms with van der Waals surface area (Å²) < 4.78 is 0. The molecule has 0 saturated heterocycles. The highest BCUT2D eigenvalue weighted by Gasteiger charge is 2.16. The van der Waals surface area contributed by atoms with Crippen LogP contribution in [-0.4, -0.2) is 41.0 Å². The molecule has 0 unspecified atom stereocenters. The van der Waals surface area contributed by atoms with E-state index in [9.17, 15) is 4.79 Å². The summed E-state index contributed by atoms with van der Waals surface area (Å²) in [5.41, 5.74) is 7.34. The number of carbonyl (C=O) groups excluding carboxylic acids is 1. The zero-order valence-corrected chi connectivity index (χ0v) is 20.4. The molecule has 0 spiro atoms. The Bertz CT molecular complexity index is 1740. The third-order valence-corrected chi connectivity index (χ3v) is 6.11. The second-order valence-electron chi connectivity index (χ2n) is 9.35. The van der Waals surface area contributed by atoms with Crippen molar-refractivity contribution in [3.05, 3.63) is 73.6 Å². The van der Waals surface area contributed by atoms with Gasteiger partial charge in [-0.1, -0.05) is 19.9 Å². The Morgan fingerprint density at radius 3 is 2.65 bits per heavy atom. The van der Waals surface area contributed by atoms with E-state index in [-0.39, 0.29) is 11.8 Å². The number of aromatic nitrogens is 7. The van der Waals surface area contributed by atoms with Gasteiger partial charge in [-0.15, -0.1) is 0 Å². The van der Waals surface area contributed by atoms with Crippen molar-refractivity contribution in [2.24, 2.45) is 5.92 Å². The zero-order chi connectivity index (χ0) is 25.4. The van der Waals surface area contributed by atoms with E-state index in [1.807, 2.05) is 50.4 Å². The van der Waals surface area contributed by atoms with E-state index in [4.69, 9.17) is 0 Å². The van der Waals surface area contributed by atoms with Crippen LogP contribution in [0.15, 0.2) is 73.6 Å². The molecule has 0 atom stereocenters. The first-order valence-electron chi connectivity index (χ1n) is 12.0. The van der Waals surface area contributed by atoms with E-state index in [1.165, 1.54) is 0 Å². The van der Waals surface area contributed by atoms with Gasteiger partial charge in [-0.05, 0) is 36.2 Å². The van der Waals surface area contributed by atoms with Crippen molar-refractivity contribution in [1.82, 2.24) is 35.1 Å². The van der Waals surface area contributed by atoms with Gasteiger partial charge in [0.1, 0.15) is 5.69 Å². The number of nitrogens with zero attached hydrogens (tertiary/aromatic N) is 5. The molecular weight excluding hydrogens is 464 g/mol. The molecule has 1 amide bonds. The van der Waals surface area contributed by atoms with Crippen molar-refractivity contribution in [3.63, 3.8) is 0 Å². The molecule has 182 valence electrons. The van der Waals surface area contributed by atoms with Crippen LogP contribution in [0.4, 0.5) is 5.69 Å². The molecule has 0 aliphatic heterocycles. The van der Waals surface area contributed by atoms with Crippen molar-refractivity contribution in [3.8, 4) is 33.8 Å². The lowest BCUT2D eigenvalue weighted by Gasteiger charge is -2.08. The molecule has 9 heteroatoms. The van der Waals surface area contributed by atoms with Crippen LogP contribution in [0.25, 0.3) is 55.7 Å². The van der Waals surface area contributed by atoms with Crippen LogP contribution in [-0.2, 0) is 4.79 Å². The predicted molar refractivity (Wildman–Crippen MR) is 144 cm³/mol. The van der Waals surface area contributed by atoms with E-state index < -0.39 is 0 Å². The highest BCUT2D eigenvalue weighted by atomic mass is 16.1. The maximum Gasteiger partial charge on any atom is 0.224 e. The van der Waals surface area contributed by atoms with Crippen LogP contribution >= 0.6 is 0 Å². The second-order valence-corrected chi connectivity index (χ2v) is 9.35. The number of fused-ring (bicyclic) bond motifs is 2. The Morgan fingerprint density at radius 1 is 0.946 bits per heavy atom. The minimum absolute atomic E-state index is 0.0296. The smallest absolute Gasteiger partial charge is 0.224 e. The Morgan fingerprint density at radius 2 is 1.81 bits per heavy atom. The van der Waals surface area contributed by atoms with E-state index in [2.05, 4.69) is 46.5 Å². The molecule has 0 aliphatic carbocycles. The average molecular weight is 489 g/mol. The maximum atomic E-state index is 12.2. The molecule has 6 aromatic rings. The number of rotatable bonds is 6. The molecule has 9 nitrogen and oxygen atoms in total. The molecule has 0 radical (unpaired) electrons. The molecule has 0 fully saturated rings. The SMILES string of the molecule is CC(C)CC(=O)Nc1cncc(-c2cnc3[nH]nc(-c4cc5c(-c6ccccn6)cncc5[nH]4)c3c2)c1. The topological polar surface area (TPSA) is 125 Å². The minimum Gasteiger partial charge on any atom is -0.352 e. The minimum atomic E-state index is -0.0296. The molecule has 6 heterocycles. The summed E-state index contributed by atoms with van der Waals surface area (Å²) >= 11 is 0. The number of hydrogen-bond acceptors (Lipinski definition) is 6. The lowest BCUT2D eigenvalue weighted by molar-refractivity contribution is -0.116. The zero-order valence-electron chi connectivity index (χ0n) is 20.4. The van der Waals surface area contributed by atoms with Gasteiger partial charge >= 0.3 is 0 Å². The summed E-state index contributed by atoms with van der Waals surface area (Å²) in [5.74, 6) is 0.251. The second kappa shape index (κ2) is 9.27. The fraction of sp³-hybridized carbons (Fsp3) is 0.143. The largest absolute Gasteiger partial charge is 0.352 e. The van der Waals surface area contributed by atoms with E-state index in [1.54, 1.807) is 31.0 Å². The highest BCUT2D eigenvalue weighted by Crippen LogP contribution is 2.34. The summed E-state index contributed by atoms with van der Waals surface area (Å²) in [5, 5.41) is 12.4. The van der Waals surface area contributed by atoms with Gasteiger partial charge in [-0.25, -0.2) is 4.98 Å². The van der Waals surface area contributed by atoms with Crippen LogP contribution in [0, 0.1) is 5.92 Å². The number of anilines is 1. The number of H-pyrrole nitrogens is 2. The molecule has 0 aromatic carbocycles. The van der Waals surface area contributed by atoms with Gasteiger partial charge < -0.3 is 10.3 Å². The van der Waals surface area contributed by atoms with Gasteiger partial charge in [-0.3, -0.25) is 24.8 Å². The van der Waals surface area contributed by atoms with Gasteiger partial charge in [0.25, 0.3) is 0 Å². The first kappa shape index (κ1) is 22.5. The Balaban J connectivity index is 1.38. The number of carbonyl (C=O) groups is 1. The molecule has 37 heavy (non-hydrogen) atoms. The molecular formula is C28H24N8O. The third kappa shape index (κ3) is 4.42. The number of amides is 1. The van der Waals surface area contributed by atoms with Gasteiger partial charge in [-0.2, -0.15) is 5.10 Å².